The Morgan fingerprint density at radius 3 is 2.59 bits per heavy atom. The number of thioether (sulfide) groups is 1. The third-order valence-corrected chi connectivity index (χ3v) is 3.05. The summed E-state index contributed by atoms with van der Waals surface area (Å²) in [5.41, 5.74) is 0.554. The minimum atomic E-state index is -0.0745. The van der Waals surface area contributed by atoms with E-state index in [1.807, 2.05) is 27.0 Å². The van der Waals surface area contributed by atoms with E-state index in [1.54, 1.807) is 18.2 Å². The number of Topliss-reactive ketones (excluding diaryl/α,β-unsaturated/α-hetero) is 1. The molecule has 1 aromatic carbocycles. The van der Waals surface area contributed by atoms with E-state index in [2.05, 4.69) is 5.32 Å². The molecule has 0 amide bonds. The van der Waals surface area contributed by atoms with Crippen molar-refractivity contribution in [3.63, 3.8) is 0 Å². The van der Waals surface area contributed by atoms with Gasteiger partial charge in [0.15, 0.2) is 5.78 Å². The first-order chi connectivity index (χ1) is 7.83. The van der Waals surface area contributed by atoms with Crippen molar-refractivity contribution in [2.24, 2.45) is 0 Å². The van der Waals surface area contributed by atoms with Crippen molar-refractivity contribution in [2.45, 2.75) is 31.2 Å². The molecule has 0 atom stereocenters. The second-order valence-electron chi connectivity index (χ2n) is 4.91. The molecule has 2 N–H and O–H groups in total. The molecule has 0 radical (unpaired) electrons. The van der Waals surface area contributed by atoms with E-state index in [1.165, 1.54) is 11.8 Å². The van der Waals surface area contributed by atoms with Crippen LogP contribution >= 0.6 is 11.8 Å². The van der Waals surface area contributed by atoms with E-state index in [0.717, 1.165) is 4.90 Å². The Hall–Kier alpha value is -1.00. The molecule has 0 spiro atoms. The van der Waals surface area contributed by atoms with Gasteiger partial charge in [0.2, 0.25) is 0 Å². The van der Waals surface area contributed by atoms with Gasteiger partial charge in [-0.2, -0.15) is 0 Å². The van der Waals surface area contributed by atoms with Gasteiger partial charge in [0.25, 0.3) is 0 Å². The van der Waals surface area contributed by atoms with Gasteiger partial charge in [0.05, 0.1) is 6.54 Å². The number of carbonyl (C=O) groups excluding carboxylic acids is 1. The fraction of sp³-hybridized carbons (Fsp3) is 0.462. The zero-order valence-electron chi connectivity index (χ0n) is 10.7. The fourth-order valence-electron chi connectivity index (χ4n) is 1.30. The first-order valence-corrected chi connectivity index (χ1v) is 6.71. The van der Waals surface area contributed by atoms with Crippen LogP contribution in [0, 0.1) is 0 Å². The van der Waals surface area contributed by atoms with E-state index < -0.39 is 0 Å². The first-order valence-electron chi connectivity index (χ1n) is 5.49. The smallest absolute Gasteiger partial charge is 0.176 e. The quantitative estimate of drug-likeness (QED) is 0.640. The molecule has 1 aromatic rings. The van der Waals surface area contributed by atoms with E-state index in [-0.39, 0.29) is 17.1 Å². The van der Waals surface area contributed by atoms with E-state index in [9.17, 15) is 9.90 Å². The Bertz CT molecular complexity index is 410. The summed E-state index contributed by atoms with van der Waals surface area (Å²) in [6.45, 7) is 6.36. The molecule has 94 valence electrons. The van der Waals surface area contributed by atoms with Crippen LogP contribution in [0.1, 0.15) is 31.1 Å². The van der Waals surface area contributed by atoms with Crippen LogP contribution in [0.15, 0.2) is 23.1 Å². The Kier molecular flexibility index (Phi) is 4.60. The number of phenolic OH excluding ortho intramolecular Hbond substituents is 1. The highest BCUT2D eigenvalue weighted by Gasteiger charge is 2.13. The molecule has 17 heavy (non-hydrogen) atoms. The van der Waals surface area contributed by atoms with Crippen molar-refractivity contribution in [3.8, 4) is 5.75 Å². The third-order valence-electron chi connectivity index (χ3n) is 2.28. The SMILES string of the molecule is CSc1cc(C(=O)CNC(C)(C)C)ccc1O. The number of rotatable bonds is 4. The van der Waals surface area contributed by atoms with Gasteiger partial charge in [-0.3, -0.25) is 4.79 Å². The molecule has 0 heterocycles. The number of ketones is 1. The highest BCUT2D eigenvalue weighted by atomic mass is 32.2. The molecule has 0 aliphatic heterocycles. The second kappa shape index (κ2) is 5.56. The monoisotopic (exact) mass is 253 g/mol. The number of phenols is 1. The predicted octanol–water partition coefficient (Wildman–Crippen LogP) is 2.68. The van der Waals surface area contributed by atoms with Gasteiger partial charge in [0, 0.05) is 16.0 Å². The molecule has 0 aromatic heterocycles. The number of hydrogen-bond donors (Lipinski definition) is 2. The Labute approximate surface area is 107 Å². The fourth-order valence-corrected chi connectivity index (χ4v) is 1.82. The Balaban J connectivity index is 2.76. The van der Waals surface area contributed by atoms with Crippen molar-refractivity contribution >= 4 is 17.5 Å². The lowest BCUT2D eigenvalue weighted by atomic mass is 10.1. The second-order valence-corrected chi connectivity index (χ2v) is 5.76. The van der Waals surface area contributed by atoms with Crippen LogP contribution in [0.25, 0.3) is 0 Å². The average molecular weight is 253 g/mol. The minimum absolute atomic E-state index is 0.0372. The minimum Gasteiger partial charge on any atom is -0.507 e. The maximum absolute atomic E-state index is 11.9. The Morgan fingerprint density at radius 2 is 2.06 bits per heavy atom. The highest BCUT2D eigenvalue weighted by Crippen LogP contribution is 2.27. The summed E-state index contributed by atoms with van der Waals surface area (Å²) < 4.78 is 0. The van der Waals surface area contributed by atoms with Crippen molar-refractivity contribution in [1.82, 2.24) is 5.32 Å². The third kappa shape index (κ3) is 4.40. The lowest BCUT2D eigenvalue weighted by Gasteiger charge is -2.19. The Morgan fingerprint density at radius 1 is 1.41 bits per heavy atom. The predicted molar refractivity (Wildman–Crippen MR) is 72.0 cm³/mol. The van der Waals surface area contributed by atoms with Crippen LogP contribution in [0.5, 0.6) is 5.75 Å². The molecule has 0 aliphatic rings. The van der Waals surface area contributed by atoms with Crippen LogP contribution < -0.4 is 5.32 Å². The number of carbonyl (C=O) groups is 1. The molecule has 0 saturated heterocycles. The van der Waals surface area contributed by atoms with Crippen LogP contribution in [-0.2, 0) is 0 Å². The standard InChI is InChI=1S/C13H19NO2S/c1-13(2,3)14-8-11(16)9-5-6-10(15)12(7-9)17-4/h5-7,14-15H,8H2,1-4H3. The maximum atomic E-state index is 11.9. The molecule has 1 rings (SSSR count). The summed E-state index contributed by atoms with van der Waals surface area (Å²) in [6.07, 6.45) is 1.87. The number of benzene rings is 1. The summed E-state index contributed by atoms with van der Waals surface area (Å²) in [6, 6.07) is 4.95. The largest absolute Gasteiger partial charge is 0.507 e. The van der Waals surface area contributed by atoms with Gasteiger partial charge in [0.1, 0.15) is 5.75 Å². The lowest BCUT2D eigenvalue weighted by molar-refractivity contribution is 0.0982. The number of aromatic hydroxyl groups is 1. The summed E-state index contributed by atoms with van der Waals surface area (Å²) >= 11 is 1.43. The molecule has 0 aliphatic carbocycles. The van der Waals surface area contributed by atoms with Gasteiger partial charge in [-0.25, -0.2) is 0 Å². The molecule has 0 saturated carbocycles. The van der Waals surface area contributed by atoms with Crippen LogP contribution in [0.3, 0.4) is 0 Å². The van der Waals surface area contributed by atoms with Gasteiger partial charge in [-0.1, -0.05) is 0 Å². The van der Waals surface area contributed by atoms with Gasteiger partial charge in [-0.15, -0.1) is 11.8 Å². The summed E-state index contributed by atoms with van der Waals surface area (Å²) in [4.78, 5) is 12.6. The normalized spacial score (nSPS) is 11.5. The number of nitrogens with one attached hydrogen (secondary N) is 1. The zero-order chi connectivity index (χ0) is 13.1. The average Bonchev–Trinajstić information content (AvgIpc) is 2.25. The van der Waals surface area contributed by atoms with Crippen molar-refractivity contribution in [1.29, 1.82) is 0 Å². The topological polar surface area (TPSA) is 49.3 Å². The molecule has 0 unspecified atom stereocenters. The van der Waals surface area contributed by atoms with Gasteiger partial charge in [-0.05, 0) is 45.2 Å². The molecule has 3 nitrogen and oxygen atoms in total. The van der Waals surface area contributed by atoms with Crippen molar-refractivity contribution in [2.75, 3.05) is 12.8 Å². The highest BCUT2D eigenvalue weighted by molar-refractivity contribution is 7.98. The van der Waals surface area contributed by atoms with Crippen LogP contribution in [-0.4, -0.2) is 29.2 Å². The van der Waals surface area contributed by atoms with Gasteiger partial charge < -0.3 is 10.4 Å². The summed E-state index contributed by atoms with van der Waals surface area (Å²) in [5.74, 6) is 0.257. The van der Waals surface area contributed by atoms with Crippen molar-refractivity contribution < 1.29 is 9.90 Å². The molecular weight excluding hydrogens is 234 g/mol. The summed E-state index contributed by atoms with van der Waals surface area (Å²) in [5, 5.41) is 12.7. The van der Waals surface area contributed by atoms with Crippen LogP contribution in [0.2, 0.25) is 0 Å². The first kappa shape index (κ1) is 14.1. The molecular formula is C13H19NO2S. The summed E-state index contributed by atoms with van der Waals surface area (Å²) in [7, 11) is 0. The molecule has 0 bridgehead atoms. The lowest BCUT2D eigenvalue weighted by Crippen LogP contribution is -2.39. The molecule has 4 heteroatoms. The van der Waals surface area contributed by atoms with E-state index in [0.29, 0.717) is 12.1 Å². The maximum Gasteiger partial charge on any atom is 0.176 e. The van der Waals surface area contributed by atoms with Crippen molar-refractivity contribution in [3.05, 3.63) is 23.8 Å². The van der Waals surface area contributed by atoms with E-state index in [4.69, 9.17) is 0 Å². The van der Waals surface area contributed by atoms with Gasteiger partial charge >= 0.3 is 0 Å². The van der Waals surface area contributed by atoms with Crippen LogP contribution in [0.4, 0.5) is 0 Å². The molecule has 0 fully saturated rings. The van der Waals surface area contributed by atoms with E-state index >= 15 is 0 Å². The zero-order valence-corrected chi connectivity index (χ0v) is 11.5. The number of hydrogen-bond acceptors (Lipinski definition) is 4.